The molecule has 0 radical (unpaired) electrons. The highest BCUT2D eigenvalue weighted by molar-refractivity contribution is 9.10. The number of hydrogen-bond acceptors (Lipinski definition) is 5. The Morgan fingerprint density at radius 1 is 1.15 bits per heavy atom. The van der Waals surface area contributed by atoms with Crippen LogP contribution in [0, 0.1) is 24.2 Å². The number of hydrogen-bond donors (Lipinski definition) is 0. The molecule has 180 valence electrons. The third-order valence-electron chi connectivity index (χ3n) is 6.35. The van der Waals surface area contributed by atoms with Gasteiger partial charge in [-0.25, -0.2) is 4.98 Å². The Morgan fingerprint density at radius 3 is 2.35 bits per heavy atom. The molecule has 10 heteroatoms. The first-order valence-electron chi connectivity index (χ1n) is 10.9. The first-order chi connectivity index (χ1) is 15.9. The maximum atomic E-state index is 13.3. The van der Waals surface area contributed by atoms with E-state index < -0.39 is 11.9 Å². The summed E-state index contributed by atoms with van der Waals surface area (Å²) in [4.78, 5) is 35.6. The number of pyridine rings is 2. The van der Waals surface area contributed by atoms with E-state index >= 15 is 0 Å². The smallest absolute Gasteiger partial charge is 0.277 e. The quantitative estimate of drug-likeness (QED) is 0.342. The van der Waals surface area contributed by atoms with Crippen LogP contribution in [-0.4, -0.2) is 26.7 Å². The molecule has 1 aliphatic heterocycles. The highest BCUT2D eigenvalue weighted by Gasteiger charge is 2.72. The molecule has 34 heavy (non-hydrogen) atoms. The summed E-state index contributed by atoms with van der Waals surface area (Å²) in [5.74, 6) is -0.834. The number of nitrogens with zero attached hydrogens (tertiary/aromatic N) is 3. The van der Waals surface area contributed by atoms with Crippen LogP contribution in [0.5, 0.6) is 0 Å². The van der Waals surface area contributed by atoms with Gasteiger partial charge in [0.2, 0.25) is 11.8 Å². The topological polar surface area (TPSA) is 63.2 Å². The van der Waals surface area contributed by atoms with Crippen molar-refractivity contribution >= 4 is 49.3 Å². The van der Waals surface area contributed by atoms with E-state index in [2.05, 4.69) is 25.9 Å². The van der Waals surface area contributed by atoms with Crippen LogP contribution in [0.15, 0.2) is 28.9 Å². The Kier molecular flexibility index (Phi) is 6.13. The summed E-state index contributed by atoms with van der Waals surface area (Å²) >= 11 is 4.68. The fourth-order valence-electron chi connectivity index (χ4n) is 4.55. The normalized spacial score (nSPS) is 20.9. The molecular formula is C24H23BrF3N3O2S. The molecule has 0 bridgehead atoms. The second-order valence-corrected chi connectivity index (χ2v) is 10.7. The van der Waals surface area contributed by atoms with Gasteiger partial charge < -0.3 is 0 Å². The van der Waals surface area contributed by atoms with Crippen molar-refractivity contribution in [3.63, 3.8) is 0 Å². The second-order valence-electron chi connectivity index (χ2n) is 8.81. The fraction of sp³-hybridized carbons (Fsp3) is 0.417. The van der Waals surface area contributed by atoms with Crippen molar-refractivity contribution in [1.29, 1.82) is 0 Å². The Balaban J connectivity index is 0.00000133. The van der Waals surface area contributed by atoms with E-state index in [1.54, 1.807) is 19.1 Å². The zero-order valence-electron chi connectivity index (χ0n) is 19.2. The molecular weight excluding hydrogens is 531 g/mol. The molecule has 2 amide bonds. The predicted octanol–water partition coefficient (Wildman–Crippen LogP) is 6.62. The van der Waals surface area contributed by atoms with Crippen LogP contribution in [0.3, 0.4) is 0 Å². The number of carbonyl (C=O) groups is 2. The van der Waals surface area contributed by atoms with Crippen LogP contribution in [0.1, 0.15) is 43.8 Å². The molecule has 5 rings (SSSR count). The molecule has 1 saturated carbocycles. The highest BCUT2D eigenvalue weighted by Crippen LogP contribution is 2.63. The van der Waals surface area contributed by atoms with Gasteiger partial charge in [0.15, 0.2) is 0 Å². The maximum Gasteiger partial charge on any atom is 0.433 e. The van der Waals surface area contributed by atoms with Crippen molar-refractivity contribution in [2.75, 3.05) is 0 Å². The Hall–Kier alpha value is -2.33. The van der Waals surface area contributed by atoms with Gasteiger partial charge in [-0.3, -0.25) is 19.5 Å². The number of alkyl halides is 3. The van der Waals surface area contributed by atoms with Gasteiger partial charge in [-0.1, -0.05) is 27.7 Å². The van der Waals surface area contributed by atoms with E-state index in [1.165, 1.54) is 22.4 Å². The van der Waals surface area contributed by atoms with E-state index in [1.807, 2.05) is 27.7 Å². The number of fused-ring (bicyclic) bond motifs is 2. The zero-order chi connectivity index (χ0) is 25.2. The van der Waals surface area contributed by atoms with E-state index in [-0.39, 0.29) is 41.3 Å². The molecule has 2 unspecified atom stereocenters. The molecule has 2 atom stereocenters. The third-order valence-corrected chi connectivity index (χ3v) is 8.50. The van der Waals surface area contributed by atoms with E-state index in [0.717, 1.165) is 10.9 Å². The number of aromatic nitrogens is 2. The summed E-state index contributed by atoms with van der Waals surface area (Å²) in [5.41, 5.74) is 0.434. The number of rotatable bonds is 3. The van der Waals surface area contributed by atoms with Crippen LogP contribution < -0.4 is 0 Å². The first kappa shape index (κ1) is 24.8. The van der Waals surface area contributed by atoms with Crippen LogP contribution in [0.4, 0.5) is 13.2 Å². The second kappa shape index (κ2) is 8.41. The van der Waals surface area contributed by atoms with E-state index in [0.29, 0.717) is 25.8 Å². The summed E-state index contributed by atoms with van der Waals surface area (Å²) in [6, 6.07) is 4.40. The average Bonchev–Trinajstić information content (AvgIpc) is 3.03. The maximum absolute atomic E-state index is 13.3. The molecule has 0 spiro atoms. The molecule has 1 saturated heterocycles. The number of likely N-dealkylation sites (tertiary alicyclic amines) is 1. The molecule has 1 aliphatic carbocycles. The Labute approximate surface area is 207 Å². The summed E-state index contributed by atoms with van der Waals surface area (Å²) in [5, 5.41) is 0. The average molecular weight is 554 g/mol. The molecule has 2 aliphatic rings. The minimum Gasteiger partial charge on any atom is -0.277 e. The van der Waals surface area contributed by atoms with E-state index in [4.69, 9.17) is 0 Å². The molecule has 3 aromatic rings. The number of imide groups is 1. The van der Waals surface area contributed by atoms with Gasteiger partial charge in [0.1, 0.15) is 5.69 Å². The predicted molar refractivity (Wildman–Crippen MR) is 128 cm³/mol. The van der Waals surface area contributed by atoms with Crippen molar-refractivity contribution in [1.82, 2.24) is 14.9 Å². The van der Waals surface area contributed by atoms with E-state index in [9.17, 15) is 22.8 Å². The first-order valence-corrected chi connectivity index (χ1v) is 12.5. The standard InChI is InChI=1S/C22H17BrF3N3O2S.C2H6/c1-9-6-13(22(24,25)26)28-17(16(9)23)11-4-5-27-12-7-10(32-18(11)12)8-29-19(30)14-15(20(29)31)21(14,2)3;1-2/h4-7,14-15H,8H2,1-3H3;1-2H3. The van der Waals surface area contributed by atoms with Gasteiger partial charge in [-0.15, -0.1) is 11.3 Å². The summed E-state index contributed by atoms with van der Waals surface area (Å²) in [7, 11) is 0. The monoisotopic (exact) mass is 553 g/mol. The highest BCUT2D eigenvalue weighted by atomic mass is 79.9. The number of amides is 2. The fourth-order valence-corrected chi connectivity index (χ4v) is 6.08. The molecule has 2 fully saturated rings. The number of thiophene rings is 1. The SMILES string of the molecule is CC.Cc1cc(C(F)(F)F)nc(-c2ccnc3cc(CN4C(=O)C5C(C4=O)C5(C)C)sc23)c1Br. The van der Waals surface area contributed by atoms with Gasteiger partial charge >= 0.3 is 6.18 Å². The molecule has 0 N–H and O–H groups in total. The van der Waals surface area contributed by atoms with Crippen molar-refractivity contribution in [3.8, 4) is 11.3 Å². The minimum atomic E-state index is -4.57. The lowest BCUT2D eigenvalue weighted by Gasteiger charge is -2.19. The molecule has 0 aromatic carbocycles. The number of halogens is 4. The van der Waals surface area contributed by atoms with Crippen LogP contribution in [-0.2, 0) is 22.3 Å². The summed E-state index contributed by atoms with van der Waals surface area (Å²) < 4.78 is 41.2. The van der Waals surface area contributed by atoms with Crippen LogP contribution >= 0.6 is 27.3 Å². The minimum absolute atomic E-state index is 0.136. The summed E-state index contributed by atoms with van der Waals surface area (Å²) in [6.07, 6.45) is -3.06. The van der Waals surface area contributed by atoms with Crippen LogP contribution in [0.2, 0.25) is 0 Å². The van der Waals surface area contributed by atoms with Gasteiger partial charge in [-0.2, -0.15) is 13.2 Å². The lowest BCUT2D eigenvalue weighted by molar-refractivity contribution is -0.144. The number of aryl methyl sites for hydroxylation is 1. The van der Waals surface area contributed by atoms with Gasteiger partial charge in [0, 0.05) is 21.1 Å². The zero-order valence-corrected chi connectivity index (χ0v) is 21.7. The largest absolute Gasteiger partial charge is 0.433 e. The van der Waals surface area contributed by atoms with Crippen molar-refractivity contribution in [2.24, 2.45) is 17.3 Å². The van der Waals surface area contributed by atoms with Crippen molar-refractivity contribution in [2.45, 2.75) is 47.3 Å². The molecule has 3 aromatic heterocycles. The van der Waals surface area contributed by atoms with Crippen molar-refractivity contribution in [3.05, 3.63) is 45.0 Å². The Bertz CT molecular complexity index is 1290. The van der Waals surface area contributed by atoms with Crippen molar-refractivity contribution < 1.29 is 22.8 Å². The number of piperidine rings is 1. The molecule has 5 nitrogen and oxygen atoms in total. The third kappa shape index (κ3) is 3.84. The van der Waals surface area contributed by atoms with Crippen LogP contribution in [0.25, 0.3) is 21.5 Å². The van der Waals surface area contributed by atoms with Gasteiger partial charge in [0.25, 0.3) is 0 Å². The lowest BCUT2D eigenvalue weighted by Crippen LogP contribution is -2.35. The van der Waals surface area contributed by atoms with Gasteiger partial charge in [-0.05, 0) is 52.0 Å². The lowest BCUT2D eigenvalue weighted by atomic mass is 10.1. The summed E-state index contributed by atoms with van der Waals surface area (Å²) in [6.45, 7) is 9.57. The Morgan fingerprint density at radius 2 is 1.76 bits per heavy atom. The number of carbonyl (C=O) groups excluding carboxylic acids is 2. The van der Waals surface area contributed by atoms with Gasteiger partial charge in [0.05, 0.1) is 34.3 Å². The molecule has 4 heterocycles.